The van der Waals surface area contributed by atoms with Gasteiger partial charge < -0.3 is 15.7 Å². The first-order valence-corrected chi connectivity index (χ1v) is 6.83. The molecule has 1 aromatic carbocycles. The minimum atomic E-state index is -0.134. The van der Waals surface area contributed by atoms with Crippen LogP contribution >= 0.6 is 0 Å². The number of amides is 2. The third-order valence-electron chi connectivity index (χ3n) is 2.95. The second kappa shape index (κ2) is 8.53. The van der Waals surface area contributed by atoms with Crippen LogP contribution in [0.25, 0.3) is 0 Å². The molecular formula is C15H24N2O2. The fourth-order valence-electron chi connectivity index (χ4n) is 2.03. The van der Waals surface area contributed by atoms with Crippen LogP contribution in [-0.2, 0) is 0 Å². The summed E-state index contributed by atoms with van der Waals surface area (Å²) in [6.45, 7) is 4.63. The molecule has 19 heavy (non-hydrogen) atoms. The third kappa shape index (κ3) is 6.25. The smallest absolute Gasteiger partial charge is 0.314 e. The molecule has 4 nitrogen and oxygen atoms in total. The Balaban J connectivity index is 2.41. The largest absolute Gasteiger partial charge is 0.396 e. The van der Waals surface area contributed by atoms with Gasteiger partial charge in [-0.3, -0.25) is 0 Å². The van der Waals surface area contributed by atoms with Gasteiger partial charge in [0.15, 0.2) is 0 Å². The molecule has 0 spiro atoms. The van der Waals surface area contributed by atoms with Crippen LogP contribution in [0.3, 0.4) is 0 Å². The predicted octanol–water partition coefficient (Wildman–Crippen LogP) is 2.25. The Morgan fingerprint density at radius 1 is 1.21 bits per heavy atom. The van der Waals surface area contributed by atoms with Gasteiger partial charge in [0.25, 0.3) is 0 Å². The van der Waals surface area contributed by atoms with E-state index in [-0.39, 0.29) is 24.6 Å². The second-order valence-electron chi connectivity index (χ2n) is 4.96. The van der Waals surface area contributed by atoms with Gasteiger partial charge in [0.05, 0.1) is 0 Å². The molecule has 0 radical (unpaired) electrons. The van der Waals surface area contributed by atoms with Crippen molar-refractivity contribution < 1.29 is 9.90 Å². The quantitative estimate of drug-likeness (QED) is 0.707. The summed E-state index contributed by atoms with van der Waals surface area (Å²) >= 11 is 0. The van der Waals surface area contributed by atoms with Crippen LogP contribution in [-0.4, -0.2) is 30.3 Å². The Hall–Kier alpha value is -1.55. The number of aliphatic hydroxyl groups is 1. The van der Waals surface area contributed by atoms with E-state index in [1.807, 2.05) is 32.0 Å². The number of rotatable bonds is 7. The zero-order valence-electron chi connectivity index (χ0n) is 11.7. The van der Waals surface area contributed by atoms with Gasteiger partial charge in [0.1, 0.15) is 0 Å². The summed E-state index contributed by atoms with van der Waals surface area (Å²) in [6, 6.07) is 10.1. The van der Waals surface area contributed by atoms with Crippen LogP contribution in [0.15, 0.2) is 30.3 Å². The first kappa shape index (κ1) is 15.5. The van der Waals surface area contributed by atoms with Crippen molar-refractivity contribution in [3.8, 4) is 0 Å². The number of nitrogens with one attached hydrogen (secondary N) is 2. The molecule has 1 aromatic rings. The van der Waals surface area contributed by atoms with Crippen molar-refractivity contribution in [1.29, 1.82) is 0 Å². The molecule has 4 heteroatoms. The topological polar surface area (TPSA) is 61.4 Å². The minimum absolute atomic E-state index is 0.134. The fraction of sp³-hybridized carbons (Fsp3) is 0.533. The highest BCUT2D eigenvalue weighted by molar-refractivity contribution is 5.74. The average Bonchev–Trinajstić information content (AvgIpc) is 2.38. The lowest BCUT2D eigenvalue weighted by molar-refractivity contribution is 0.237. The van der Waals surface area contributed by atoms with E-state index in [2.05, 4.69) is 22.8 Å². The standard InChI is InChI=1S/C15H24N2O2/c1-12(2)17-15(19)16-10-8-14(9-11-18)13-6-4-3-5-7-13/h3-7,12,14,18H,8-11H2,1-2H3,(H2,16,17,19). The Labute approximate surface area is 115 Å². The van der Waals surface area contributed by atoms with E-state index >= 15 is 0 Å². The van der Waals surface area contributed by atoms with E-state index < -0.39 is 0 Å². The Bertz CT molecular complexity index is 366. The summed E-state index contributed by atoms with van der Waals surface area (Å²) in [4.78, 5) is 11.5. The van der Waals surface area contributed by atoms with Crippen LogP contribution in [0.4, 0.5) is 4.79 Å². The van der Waals surface area contributed by atoms with Gasteiger partial charge in [-0.05, 0) is 38.2 Å². The summed E-state index contributed by atoms with van der Waals surface area (Å²) in [7, 11) is 0. The molecule has 0 bridgehead atoms. The van der Waals surface area contributed by atoms with E-state index in [4.69, 9.17) is 5.11 Å². The van der Waals surface area contributed by atoms with Gasteiger partial charge in [-0.15, -0.1) is 0 Å². The molecule has 0 aliphatic carbocycles. The van der Waals surface area contributed by atoms with Crippen LogP contribution in [0.2, 0.25) is 0 Å². The first-order chi connectivity index (χ1) is 9.13. The van der Waals surface area contributed by atoms with Crippen LogP contribution in [0.1, 0.15) is 38.2 Å². The molecular weight excluding hydrogens is 240 g/mol. The summed E-state index contributed by atoms with van der Waals surface area (Å²) in [6.07, 6.45) is 1.55. The predicted molar refractivity (Wildman–Crippen MR) is 77.2 cm³/mol. The maximum absolute atomic E-state index is 11.5. The van der Waals surface area contributed by atoms with Crippen molar-refractivity contribution in [2.45, 2.75) is 38.6 Å². The summed E-state index contributed by atoms with van der Waals surface area (Å²) in [5.41, 5.74) is 1.21. The van der Waals surface area contributed by atoms with Crippen molar-refractivity contribution >= 4 is 6.03 Å². The summed E-state index contributed by atoms with van der Waals surface area (Å²) in [5.74, 6) is 0.283. The number of hydrogen-bond acceptors (Lipinski definition) is 2. The van der Waals surface area contributed by atoms with Gasteiger partial charge in [0.2, 0.25) is 0 Å². The lowest BCUT2D eigenvalue weighted by atomic mass is 9.93. The molecule has 0 fully saturated rings. The van der Waals surface area contributed by atoms with Crippen LogP contribution < -0.4 is 10.6 Å². The van der Waals surface area contributed by atoms with Crippen LogP contribution in [0.5, 0.6) is 0 Å². The molecule has 0 saturated heterocycles. The molecule has 0 aliphatic heterocycles. The molecule has 1 atom stereocenters. The average molecular weight is 264 g/mol. The number of benzene rings is 1. The van der Waals surface area contributed by atoms with Crippen molar-refractivity contribution in [3.63, 3.8) is 0 Å². The normalized spacial score (nSPS) is 12.2. The van der Waals surface area contributed by atoms with E-state index in [1.165, 1.54) is 5.56 Å². The van der Waals surface area contributed by atoms with Crippen molar-refractivity contribution in [2.75, 3.05) is 13.2 Å². The SMILES string of the molecule is CC(C)NC(=O)NCCC(CCO)c1ccccc1. The van der Waals surface area contributed by atoms with Crippen LogP contribution in [0, 0.1) is 0 Å². The zero-order valence-corrected chi connectivity index (χ0v) is 11.7. The van der Waals surface area contributed by atoms with E-state index in [1.54, 1.807) is 0 Å². The Kier molecular flexibility index (Phi) is 6.97. The number of hydrogen-bond donors (Lipinski definition) is 3. The van der Waals surface area contributed by atoms with E-state index in [0.29, 0.717) is 6.54 Å². The second-order valence-corrected chi connectivity index (χ2v) is 4.96. The first-order valence-electron chi connectivity index (χ1n) is 6.83. The molecule has 1 rings (SSSR count). The monoisotopic (exact) mass is 264 g/mol. The summed E-state index contributed by atoms with van der Waals surface area (Å²) in [5, 5.41) is 14.8. The maximum atomic E-state index is 11.5. The maximum Gasteiger partial charge on any atom is 0.314 e. The van der Waals surface area contributed by atoms with Crippen molar-refractivity contribution in [3.05, 3.63) is 35.9 Å². The molecule has 0 aromatic heterocycles. The zero-order chi connectivity index (χ0) is 14.1. The third-order valence-corrected chi connectivity index (χ3v) is 2.95. The lowest BCUT2D eigenvalue weighted by Crippen LogP contribution is -2.40. The molecule has 1 unspecified atom stereocenters. The van der Waals surface area contributed by atoms with Crippen molar-refractivity contribution in [1.82, 2.24) is 10.6 Å². The Morgan fingerprint density at radius 3 is 2.47 bits per heavy atom. The summed E-state index contributed by atoms with van der Waals surface area (Å²) < 4.78 is 0. The van der Waals surface area contributed by atoms with Crippen molar-refractivity contribution in [2.24, 2.45) is 0 Å². The number of aliphatic hydroxyl groups excluding tert-OH is 1. The van der Waals surface area contributed by atoms with Gasteiger partial charge in [-0.2, -0.15) is 0 Å². The van der Waals surface area contributed by atoms with Gasteiger partial charge >= 0.3 is 6.03 Å². The Morgan fingerprint density at radius 2 is 1.89 bits per heavy atom. The minimum Gasteiger partial charge on any atom is -0.396 e. The molecule has 2 amide bonds. The number of carbonyl (C=O) groups is 1. The lowest BCUT2D eigenvalue weighted by Gasteiger charge is -2.17. The van der Waals surface area contributed by atoms with E-state index in [9.17, 15) is 4.79 Å². The van der Waals surface area contributed by atoms with Gasteiger partial charge in [-0.1, -0.05) is 30.3 Å². The molecule has 3 N–H and O–H groups in total. The van der Waals surface area contributed by atoms with Gasteiger partial charge in [-0.25, -0.2) is 4.79 Å². The fourth-order valence-corrected chi connectivity index (χ4v) is 2.03. The molecule has 0 saturated carbocycles. The molecule has 0 aliphatic rings. The molecule has 106 valence electrons. The van der Waals surface area contributed by atoms with E-state index in [0.717, 1.165) is 12.8 Å². The highest BCUT2D eigenvalue weighted by Crippen LogP contribution is 2.22. The van der Waals surface area contributed by atoms with Gasteiger partial charge in [0, 0.05) is 19.2 Å². The highest BCUT2D eigenvalue weighted by Gasteiger charge is 2.11. The number of urea groups is 1. The highest BCUT2D eigenvalue weighted by atomic mass is 16.3. The molecule has 0 heterocycles. The number of carbonyl (C=O) groups excluding carboxylic acids is 1.